The second-order valence-corrected chi connectivity index (χ2v) is 5.64. The molecule has 0 bridgehead atoms. The molecule has 0 aromatic carbocycles. The number of hydrogen-bond donors (Lipinski definition) is 1. The minimum atomic E-state index is -0.253. The zero-order chi connectivity index (χ0) is 15.1. The Kier molecular flexibility index (Phi) is 6.39. The number of hydrogen-bond acceptors (Lipinski definition) is 4. The van der Waals surface area contributed by atoms with Crippen LogP contribution in [0.15, 0.2) is 12.3 Å². The number of aromatic nitrogens is 1. The van der Waals surface area contributed by atoms with Crippen LogP contribution in [0.2, 0.25) is 0 Å². The predicted molar refractivity (Wildman–Crippen MR) is 85.1 cm³/mol. The maximum atomic E-state index is 13.5. The van der Waals surface area contributed by atoms with Crippen LogP contribution in [-0.2, 0) is 6.54 Å². The zero-order valence-corrected chi connectivity index (χ0v) is 13.2. The van der Waals surface area contributed by atoms with E-state index in [2.05, 4.69) is 33.9 Å². The molecule has 1 aliphatic heterocycles. The fourth-order valence-corrected chi connectivity index (χ4v) is 2.79. The monoisotopic (exact) mass is 294 g/mol. The van der Waals surface area contributed by atoms with E-state index in [1.807, 2.05) is 0 Å². The molecule has 1 saturated heterocycles. The average Bonchev–Trinajstić information content (AvgIpc) is 2.49. The molecule has 0 amide bonds. The van der Waals surface area contributed by atoms with Crippen LogP contribution in [0, 0.1) is 5.82 Å². The van der Waals surface area contributed by atoms with Crippen LogP contribution in [0.3, 0.4) is 0 Å². The van der Waals surface area contributed by atoms with Gasteiger partial charge in [-0.2, -0.15) is 0 Å². The van der Waals surface area contributed by atoms with E-state index in [-0.39, 0.29) is 5.82 Å². The van der Waals surface area contributed by atoms with Crippen molar-refractivity contribution in [2.75, 3.05) is 44.2 Å². The Morgan fingerprint density at radius 1 is 1.19 bits per heavy atom. The van der Waals surface area contributed by atoms with Gasteiger partial charge in [0.25, 0.3) is 0 Å². The van der Waals surface area contributed by atoms with E-state index in [4.69, 9.17) is 0 Å². The van der Waals surface area contributed by atoms with Gasteiger partial charge in [-0.1, -0.05) is 13.8 Å². The molecule has 2 heterocycles. The summed E-state index contributed by atoms with van der Waals surface area (Å²) in [6, 6.07) is 1.61. The molecule has 0 unspecified atom stereocenters. The molecule has 1 aromatic heterocycles. The molecular formula is C16H27FN4. The van der Waals surface area contributed by atoms with Crippen molar-refractivity contribution in [3.63, 3.8) is 0 Å². The Hall–Kier alpha value is -1.20. The largest absolute Gasteiger partial charge is 0.354 e. The van der Waals surface area contributed by atoms with Gasteiger partial charge in [0.05, 0.1) is 6.20 Å². The van der Waals surface area contributed by atoms with Gasteiger partial charge in [0.15, 0.2) is 0 Å². The Labute approximate surface area is 127 Å². The average molecular weight is 294 g/mol. The molecule has 0 atom stereocenters. The fraction of sp³-hybridized carbons (Fsp3) is 0.688. The third-order valence-corrected chi connectivity index (χ3v) is 3.86. The standard InChI is InChI=1S/C16H27FN4/c1-3-5-18-12-14-11-15(17)13-19-16(14)21-9-7-20(6-4-2)8-10-21/h11,13,18H,3-10,12H2,1-2H3. The Bertz CT molecular complexity index is 430. The first-order valence-corrected chi connectivity index (χ1v) is 8.07. The van der Waals surface area contributed by atoms with E-state index < -0.39 is 0 Å². The summed E-state index contributed by atoms with van der Waals surface area (Å²) in [7, 11) is 0. The summed E-state index contributed by atoms with van der Waals surface area (Å²) in [5, 5.41) is 3.34. The number of rotatable bonds is 7. The molecule has 0 saturated carbocycles. The van der Waals surface area contributed by atoms with E-state index in [0.717, 1.165) is 57.1 Å². The summed E-state index contributed by atoms with van der Waals surface area (Å²) in [6.07, 6.45) is 3.60. The van der Waals surface area contributed by atoms with Gasteiger partial charge in [0, 0.05) is 38.3 Å². The van der Waals surface area contributed by atoms with Crippen molar-refractivity contribution in [3.8, 4) is 0 Å². The lowest BCUT2D eigenvalue weighted by atomic mass is 10.2. The second kappa shape index (κ2) is 8.29. The molecule has 118 valence electrons. The number of nitrogens with zero attached hydrogens (tertiary/aromatic N) is 3. The molecule has 2 rings (SSSR count). The molecule has 1 aromatic rings. The van der Waals surface area contributed by atoms with Crippen molar-refractivity contribution in [2.45, 2.75) is 33.2 Å². The molecule has 0 spiro atoms. The van der Waals surface area contributed by atoms with E-state index >= 15 is 0 Å². The van der Waals surface area contributed by atoms with Crippen molar-refractivity contribution in [1.82, 2.24) is 15.2 Å². The van der Waals surface area contributed by atoms with Crippen LogP contribution in [0.4, 0.5) is 10.2 Å². The van der Waals surface area contributed by atoms with Gasteiger partial charge in [-0.25, -0.2) is 9.37 Å². The molecule has 0 aliphatic carbocycles. The molecular weight excluding hydrogens is 267 g/mol. The van der Waals surface area contributed by atoms with Crippen LogP contribution in [0.1, 0.15) is 32.3 Å². The minimum Gasteiger partial charge on any atom is -0.354 e. The highest BCUT2D eigenvalue weighted by Crippen LogP contribution is 2.20. The van der Waals surface area contributed by atoms with Gasteiger partial charge >= 0.3 is 0 Å². The van der Waals surface area contributed by atoms with Crippen molar-refractivity contribution in [1.29, 1.82) is 0 Å². The van der Waals surface area contributed by atoms with Crippen molar-refractivity contribution in [3.05, 3.63) is 23.6 Å². The van der Waals surface area contributed by atoms with Gasteiger partial charge in [0.1, 0.15) is 11.6 Å². The first-order chi connectivity index (χ1) is 10.2. The van der Waals surface area contributed by atoms with Crippen LogP contribution >= 0.6 is 0 Å². The summed E-state index contributed by atoms with van der Waals surface area (Å²) in [5.74, 6) is 0.688. The number of halogens is 1. The topological polar surface area (TPSA) is 31.4 Å². The molecule has 5 heteroatoms. The first kappa shape index (κ1) is 16.2. The normalized spacial score (nSPS) is 16.4. The number of piperazine rings is 1. The number of anilines is 1. The van der Waals surface area contributed by atoms with Gasteiger partial charge in [-0.05, 0) is 32.0 Å². The fourth-order valence-electron chi connectivity index (χ4n) is 2.79. The highest BCUT2D eigenvalue weighted by molar-refractivity contribution is 5.47. The molecule has 4 nitrogen and oxygen atoms in total. The lowest BCUT2D eigenvalue weighted by molar-refractivity contribution is 0.257. The Morgan fingerprint density at radius 3 is 2.62 bits per heavy atom. The van der Waals surface area contributed by atoms with Crippen molar-refractivity contribution < 1.29 is 4.39 Å². The van der Waals surface area contributed by atoms with E-state index in [1.54, 1.807) is 6.07 Å². The van der Waals surface area contributed by atoms with Gasteiger partial charge in [0.2, 0.25) is 0 Å². The van der Waals surface area contributed by atoms with Gasteiger partial charge < -0.3 is 10.2 Å². The quantitative estimate of drug-likeness (QED) is 0.782. The third-order valence-electron chi connectivity index (χ3n) is 3.86. The Balaban J connectivity index is 2.01. The highest BCUT2D eigenvalue weighted by Gasteiger charge is 2.19. The molecule has 0 radical (unpaired) electrons. The molecule has 21 heavy (non-hydrogen) atoms. The van der Waals surface area contributed by atoms with Crippen molar-refractivity contribution >= 4 is 5.82 Å². The highest BCUT2D eigenvalue weighted by atomic mass is 19.1. The van der Waals surface area contributed by atoms with E-state index in [9.17, 15) is 4.39 Å². The predicted octanol–water partition coefficient (Wildman–Crippen LogP) is 2.25. The second-order valence-electron chi connectivity index (χ2n) is 5.64. The van der Waals surface area contributed by atoms with Crippen LogP contribution < -0.4 is 10.2 Å². The Morgan fingerprint density at radius 2 is 1.95 bits per heavy atom. The molecule has 1 N–H and O–H groups in total. The molecule has 1 fully saturated rings. The summed E-state index contributed by atoms with van der Waals surface area (Å²) < 4.78 is 13.5. The van der Waals surface area contributed by atoms with Gasteiger partial charge in [-0.3, -0.25) is 4.90 Å². The summed E-state index contributed by atoms with van der Waals surface area (Å²) >= 11 is 0. The molecule has 1 aliphatic rings. The van der Waals surface area contributed by atoms with Crippen LogP contribution in [-0.4, -0.2) is 49.2 Å². The number of pyridine rings is 1. The summed E-state index contributed by atoms with van der Waals surface area (Å²) in [5.41, 5.74) is 0.965. The lowest BCUT2D eigenvalue weighted by Gasteiger charge is -2.36. The first-order valence-electron chi connectivity index (χ1n) is 8.07. The van der Waals surface area contributed by atoms with E-state index in [1.165, 1.54) is 12.6 Å². The maximum absolute atomic E-state index is 13.5. The third kappa shape index (κ3) is 4.64. The minimum absolute atomic E-state index is 0.253. The van der Waals surface area contributed by atoms with Crippen LogP contribution in [0.25, 0.3) is 0 Å². The van der Waals surface area contributed by atoms with Gasteiger partial charge in [-0.15, -0.1) is 0 Å². The smallest absolute Gasteiger partial charge is 0.141 e. The SMILES string of the molecule is CCCNCc1cc(F)cnc1N1CCN(CCC)CC1. The zero-order valence-electron chi connectivity index (χ0n) is 13.2. The summed E-state index contributed by atoms with van der Waals surface area (Å²) in [6.45, 7) is 11.2. The summed E-state index contributed by atoms with van der Waals surface area (Å²) in [4.78, 5) is 9.11. The van der Waals surface area contributed by atoms with Crippen LogP contribution in [0.5, 0.6) is 0 Å². The van der Waals surface area contributed by atoms with Crippen molar-refractivity contribution in [2.24, 2.45) is 0 Å². The number of nitrogens with one attached hydrogen (secondary N) is 1. The lowest BCUT2D eigenvalue weighted by Crippen LogP contribution is -2.47. The van der Waals surface area contributed by atoms with E-state index in [0.29, 0.717) is 6.54 Å². The maximum Gasteiger partial charge on any atom is 0.141 e.